The van der Waals surface area contributed by atoms with E-state index >= 15 is 0 Å². The van der Waals surface area contributed by atoms with Crippen molar-refractivity contribution in [2.45, 2.75) is 11.8 Å². The normalized spacial score (nSPS) is 12.6. The van der Waals surface area contributed by atoms with Crippen molar-refractivity contribution in [1.29, 1.82) is 0 Å². The summed E-state index contributed by atoms with van der Waals surface area (Å²) < 4.78 is 30.3. The topological polar surface area (TPSA) is 54.4 Å². The molecule has 4 nitrogen and oxygen atoms in total. The predicted molar refractivity (Wildman–Crippen MR) is 138 cm³/mol. The third-order valence-electron chi connectivity index (χ3n) is 4.68. The van der Waals surface area contributed by atoms with Crippen LogP contribution in [0.4, 0.5) is 0 Å². The number of allylic oxidation sites excluding steroid dienone is 4. The summed E-state index contributed by atoms with van der Waals surface area (Å²) in [6, 6.07) is 26.8. The fourth-order valence-electron chi connectivity index (χ4n) is 2.97. The molecule has 0 radical (unpaired) electrons. The number of aryl methyl sites for hydroxylation is 1. The van der Waals surface area contributed by atoms with Crippen molar-refractivity contribution in [3.8, 4) is 0 Å². The molecular formula is C28H32NO3S+. The van der Waals surface area contributed by atoms with Crippen LogP contribution in [-0.4, -0.2) is 38.6 Å². The van der Waals surface area contributed by atoms with E-state index in [4.69, 9.17) is 4.55 Å². The van der Waals surface area contributed by atoms with Crippen LogP contribution in [0.25, 0.3) is 11.8 Å². The Morgan fingerprint density at radius 1 is 0.758 bits per heavy atom. The third kappa shape index (κ3) is 9.41. The summed E-state index contributed by atoms with van der Waals surface area (Å²) >= 11 is 0. The standard InChI is InChI=1S/C21H24N.C7H8O3S/c1-22(2,3)21(20-16-10-6-11-17-20)18-12-5-9-15-19-13-7-4-8-14-19;1-6-2-4-7(5-3-6)11(8,9)10/h4-18H,1-3H3;2-5H,1H3,(H,8,9,10)/q+1;. The molecule has 3 rings (SSSR count). The largest absolute Gasteiger partial charge is 0.298 e. The smallest absolute Gasteiger partial charge is 0.294 e. The van der Waals surface area contributed by atoms with Crippen LogP contribution in [0.15, 0.2) is 114 Å². The van der Waals surface area contributed by atoms with Gasteiger partial charge in [-0.1, -0.05) is 90.5 Å². The van der Waals surface area contributed by atoms with Crippen LogP contribution in [0.2, 0.25) is 0 Å². The van der Waals surface area contributed by atoms with Gasteiger partial charge >= 0.3 is 0 Å². The van der Waals surface area contributed by atoms with Crippen molar-refractivity contribution in [3.63, 3.8) is 0 Å². The Kier molecular flexibility index (Phi) is 9.55. The number of rotatable bonds is 6. The zero-order valence-electron chi connectivity index (χ0n) is 19.6. The van der Waals surface area contributed by atoms with Gasteiger partial charge in [0.15, 0.2) is 0 Å². The second-order valence-electron chi connectivity index (χ2n) is 8.37. The van der Waals surface area contributed by atoms with Crippen molar-refractivity contribution in [2.75, 3.05) is 21.1 Å². The van der Waals surface area contributed by atoms with E-state index in [1.54, 1.807) is 12.1 Å². The average Bonchev–Trinajstić information content (AvgIpc) is 2.77. The molecule has 3 aromatic rings. The van der Waals surface area contributed by atoms with Gasteiger partial charge in [-0.05, 0) is 42.8 Å². The fraction of sp³-hybridized carbons (Fsp3) is 0.143. The summed E-state index contributed by atoms with van der Waals surface area (Å²) in [5.74, 6) is 0. The Balaban J connectivity index is 0.000000294. The molecule has 172 valence electrons. The second kappa shape index (κ2) is 12.1. The molecular weight excluding hydrogens is 430 g/mol. The molecule has 0 aliphatic carbocycles. The van der Waals surface area contributed by atoms with E-state index in [-0.39, 0.29) is 4.90 Å². The fourth-order valence-corrected chi connectivity index (χ4v) is 3.45. The summed E-state index contributed by atoms with van der Waals surface area (Å²) in [4.78, 5) is -0.0666. The summed E-state index contributed by atoms with van der Waals surface area (Å²) in [6.45, 7) is 1.84. The van der Waals surface area contributed by atoms with Crippen LogP contribution in [-0.2, 0) is 10.1 Å². The molecule has 0 amide bonds. The minimum absolute atomic E-state index is 0.0666. The van der Waals surface area contributed by atoms with E-state index in [0.29, 0.717) is 0 Å². The van der Waals surface area contributed by atoms with Gasteiger partial charge in [-0.3, -0.25) is 9.04 Å². The summed E-state index contributed by atoms with van der Waals surface area (Å²) in [5.41, 5.74) is 4.71. The molecule has 0 aliphatic rings. The first kappa shape index (κ1) is 26.0. The van der Waals surface area contributed by atoms with Crippen LogP contribution in [0, 0.1) is 6.92 Å². The van der Waals surface area contributed by atoms with Gasteiger partial charge in [0, 0.05) is 5.56 Å². The lowest BCUT2D eigenvalue weighted by Gasteiger charge is -2.26. The quantitative estimate of drug-likeness (QED) is 0.268. The van der Waals surface area contributed by atoms with Gasteiger partial charge in [0.2, 0.25) is 0 Å². The molecule has 0 fully saturated rings. The van der Waals surface area contributed by atoms with Gasteiger partial charge in [0.1, 0.15) is 5.70 Å². The number of hydrogen-bond donors (Lipinski definition) is 1. The first-order valence-corrected chi connectivity index (χ1v) is 12.0. The minimum atomic E-state index is -4.02. The van der Waals surface area contributed by atoms with Crippen LogP contribution in [0.1, 0.15) is 16.7 Å². The Labute approximate surface area is 198 Å². The first-order chi connectivity index (χ1) is 15.6. The summed E-state index contributed by atoms with van der Waals surface area (Å²) in [6.07, 6.45) is 10.5. The highest BCUT2D eigenvalue weighted by atomic mass is 32.2. The van der Waals surface area contributed by atoms with Crippen LogP contribution in [0.5, 0.6) is 0 Å². The third-order valence-corrected chi connectivity index (χ3v) is 5.54. The van der Waals surface area contributed by atoms with E-state index in [2.05, 4.69) is 94.0 Å². The number of benzene rings is 3. The second-order valence-corrected chi connectivity index (χ2v) is 9.79. The Morgan fingerprint density at radius 3 is 1.82 bits per heavy atom. The first-order valence-electron chi connectivity index (χ1n) is 10.6. The van der Waals surface area contributed by atoms with Gasteiger partial charge < -0.3 is 0 Å². The molecule has 5 heteroatoms. The maximum atomic E-state index is 10.5. The van der Waals surface area contributed by atoms with Crippen molar-refractivity contribution in [3.05, 3.63) is 126 Å². The molecule has 0 atom stereocenters. The maximum absolute atomic E-state index is 10.5. The summed E-state index contributed by atoms with van der Waals surface area (Å²) in [7, 11) is 2.54. The highest BCUT2D eigenvalue weighted by Gasteiger charge is 2.16. The van der Waals surface area contributed by atoms with Gasteiger partial charge in [0.05, 0.1) is 26.0 Å². The molecule has 1 N–H and O–H groups in total. The predicted octanol–water partition coefficient (Wildman–Crippen LogP) is 6.25. The lowest BCUT2D eigenvalue weighted by atomic mass is 10.1. The number of nitrogens with zero attached hydrogens (tertiary/aromatic N) is 1. The molecule has 0 bridgehead atoms. The molecule has 33 heavy (non-hydrogen) atoms. The zero-order chi connectivity index (χ0) is 24.3. The van der Waals surface area contributed by atoms with Crippen LogP contribution in [0.3, 0.4) is 0 Å². The van der Waals surface area contributed by atoms with E-state index < -0.39 is 10.1 Å². The monoisotopic (exact) mass is 462 g/mol. The highest BCUT2D eigenvalue weighted by molar-refractivity contribution is 7.85. The number of hydrogen-bond acceptors (Lipinski definition) is 2. The van der Waals surface area contributed by atoms with Crippen molar-refractivity contribution < 1.29 is 17.5 Å². The number of quaternary nitrogens is 1. The van der Waals surface area contributed by atoms with Gasteiger partial charge in [-0.25, -0.2) is 0 Å². The zero-order valence-corrected chi connectivity index (χ0v) is 20.4. The maximum Gasteiger partial charge on any atom is 0.294 e. The Morgan fingerprint density at radius 2 is 1.30 bits per heavy atom. The van der Waals surface area contributed by atoms with Crippen molar-refractivity contribution in [1.82, 2.24) is 0 Å². The SMILES string of the molecule is C[N+](C)(C)C(=CC=CC=Cc1ccccc1)c1ccccc1.Cc1ccc(S(=O)(=O)O)cc1. The molecule has 0 aromatic heterocycles. The van der Waals surface area contributed by atoms with Gasteiger partial charge in [-0.2, -0.15) is 8.42 Å². The van der Waals surface area contributed by atoms with Crippen LogP contribution >= 0.6 is 0 Å². The van der Waals surface area contributed by atoms with E-state index in [1.165, 1.54) is 29.0 Å². The molecule has 0 spiro atoms. The average molecular weight is 463 g/mol. The molecule has 0 unspecified atom stereocenters. The highest BCUT2D eigenvalue weighted by Crippen LogP contribution is 2.21. The van der Waals surface area contributed by atoms with E-state index in [9.17, 15) is 8.42 Å². The van der Waals surface area contributed by atoms with Crippen molar-refractivity contribution >= 4 is 21.9 Å². The van der Waals surface area contributed by atoms with Gasteiger partial charge in [0.25, 0.3) is 10.1 Å². The van der Waals surface area contributed by atoms with Crippen molar-refractivity contribution in [2.24, 2.45) is 0 Å². The van der Waals surface area contributed by atoms with E-state index in [1.807, 2.05) is 25.1 Å². The lowest BCUT2D eigenvalue weighted by molar-refractivity contribution is -0.796. The van der Waals surface area contributed by atoms with Gasteiger partial charge in [-0.15, -0.1) is 0 Å². The molecule has 0 aliphatic heterocycles. The lowest BCUT2D eigenvalue weighted by Crippen LogP contribution is -2.32. The summed E-state index contributed by atoms with van der Waals surface area (Å²) in [5, 5.41) is 0. The molecule has 3 aromatic carbocycles. The molecule has 0 saturated heterocycles. The Bertz CT molecular complexity index is 1190. The molecule has 0 saturated carbocycles. The minimum Gasteiger partial charge on any atom is -0.298 e. The molecule has 0 heterocycles. The Hall–Kier alpha value is -3.25. The van der Waals surface area contributed by atoms with E-state index in [0.717, 1.165) is 10.0 Å². The van der Waals surface area contributed by atoms with Crippen LogP contribution < -0.4 is 0 Å².